The first-order valence-electron chi connectivity index (χ1n) is 10.9. The van der Waals surface area contributed by atoms with Crippen molar-refractivity contribution in [1.29, 1.82) is 0 Å². The van der Waals surface area contributed by atoms with Gasteiger partial charge < -0.3 is 15.3 Å². The Labute approximate surface area is 176 Å². The number of rotatable bonds is 7. The maximum absolute atomic E-state index is 12.2. The van der Waals surface area contributed by atoms with E-state index in [1.165, 1.54) is 25.9 Å². The number of piperidine rings is 3. The van der Waals surface area contributed by atoms with Gasteiger partial charge in [-0.15, -0.1) is 0 Å². The zero-order chi connectivity index (χ0) is 20.5. The number of nitrogens with zero attached hydrogens (tertiary/aromatic N) is 2. The van der Waals surface area contributed by atoms with Crippen LogP contribution in [-0.2, 0) is 12.8 Å². The molecule has 0 aliphatic carbocycles. The van der Waals surface area contributed by atoms with Crippen molar-refractivity contribution in [1.82, 2.24) is 20.4 Å². The van der Waals surface area contributed by atoms with Gasteiger partial charge in [0.25, 0.3) is 0 Å². The number of aromatic amines is 1. The van der Waals surface area contributed by atoms with E-state index in [1.54, 1.807) is 0 Å². The van der Waals surface area contributed by atoms with Gasteiger partial charge in [0.1, 0.15) is 0 Å². The van der Waals surface area contributed by atoms with Crippen LogP contribution in [0.25, 0.3) is 10.9 Å². The largest absolute Gasteiger partial charge is 0.478 e. The van der Waals surface area contributed by atoms with Crippen LogP contribution in [0.4, 0.5) is 0 Å². The molecule has 2 bridgehead atoms. The fraction of sp³-hybridized carbons (Fsp3) is 0.417. The maximum Gasteiger partial charge on any atom is 0.336 e. The fourth-order valence-electron chi connectivity index (χ4n) is 5.18. The molecule has 3 N–H and O–H groups in total. The second-order valence-corrected chi connectivity index (χ2v) is 8.61. The van der Waals surface area contributed by atoms with E-state index in [0.29, 0.717) is 18.0 Å². The Balaban J connectivity index is 1.37. The summed E-state index contributed by atoms with van der Waals surface area (Å²) in [7, 11) is 0. The molecule has 3 aliphatic heterocycles. The van der Waals surface area contributed by atoms with Crippen LogP contribution in [0.5, 0.6) is 0 Å². The predicted molar refractivity (Wildman–Crippen MR) is 117 cm³/mol. The Morgan fingerprint density at radius 1 is 1.17 bits per heavy atom. The molecule has 2 aromatic carbocycles. The molecule has 1 unspecified atom stereocenters. The van der Waals surface area contributed by atoms with Gasteiger partial charge in [0, 0.05) is 36.6 Å². The van der Waals surface area contributed by atoms with E-state index in [1.807, 2.05) is 42.5 Å². The van der Waals surface area contributed by atoms with E-state index in [0.717, 1.165) is 53.2 Å². The highest BCUT2D eigenvalue weighted by atomic mass is 16.4. The molecular formula is C24H28N4O2. The number of carboxylic acid groups (broad SMARTS) is 1. The third-order valence-electron chi connectivity index (χ3n) is 6.77. The molecule has 0 spiro atoms. The lowest BCUT2D eigenvalue weighted by Gasteiger charge is -2.45. The van der Waals surface area contributed by atoms with E-state index < -0.39 is 5.97 Å². The minimum atomic E-state index is -0.889. The first-order chi connectivity index (χ1) is 14.7. The average molecular weight is 405 g/mol. The second-order valence-electron chi connectivity index (χ2n) is 8.61. The molecule has 0 saturated carbocycles. The van der Waals surface area contributed by atoms with Crippen molar-refractivity contribution < 1.29 is 9.90 Å². The van der Waals surface area contributed by atoms with Crippen LogP contribution < -0.4 is 5.32 Å². The highest BCUT2D eigenvalue weighted by molar-refractivity contribution is 6.05. The van der Waals surface area contributed by atoms with Crippen LogP contribution >= 0.6 is 0 Å². The minimum Gasteiger partial charge on any atom is -0.478 e. The van der Waals surface area contributed by atoms with Gasteiger partial charge in [-0.05, 0) is 55.5 Å². The lowest BCUT2D eigenvalue weighted by Crippen LogP contribution is -2.56. The van der Waals surface area contributed by atoms with Crippen molar-refractivity contribution >= 4 is 16.9 Å². The molecule has 0 radical (unpaired) electrons. The number of aromatic nitrogens is 2. The maximum atomic E-state index is 12.2. The highest BCUT2D eigenvalue weighted by Crippen LogP contribution is 2.28. The van der Waals surface area contributed by atoms with Gasteiger partial charge >= 0.3 is 5.97 Å². The molecule has 6 rings (SSSR count). The Morgan fingerprint density at radius 3 is 2.67 bits per heavy atom. The van der Waals surface area contributed by atoms with Gasteiger partial charge in [-0.25, -0.2) is 4.79 Å². The molecule has 1 atom stereocenters. The lowest BCUT2D eigenvalue weighted by molar-refractivity contribution is 0.0698. The number of fused-ring (bicyclic) bond motifs is 4. The van der Waals surface area contributed by atoms with Crippen molar-refractivity contribution in [2.75, 3.05) is 26.2 Å². The summed E-state index contributed by atoms with van der Waals surface area (Å²) < 4.78 is 0. The molecule has 4 heterocycles. The quantitative estimate of drug-likeness (QED) is 0.564. The third kappa shape index (κ3) is 3.73. The van der Waals surface area contributed by atoms with E-state index in [-0.39, 0.29) is 0 Å². The van der Waals surface area contributed by atoms with Gasteiger partial charge in [0.05, 0.1) is 11.1 Å². The normalized spacial score (nSPS) is 23.1. The van der Waals surface area contributed by atoms with Crippen LogP contribution in [0, 0.1) is 5.92 Å². The first-order valence-corrected chi connectivity index (χ1v) is 10.9. The number of benzene rings is 2. The predicted octanol–water partition coefficient (Wildman–Crippen LogP) is 3.08. The molecule has 3 saturated heterocycles. The molecule has 1 aromatic heterocycles. The van der Waals surface area contributed by atoms with Crippen molar-refractivity contribution in [3.63, 3.8) is 0 Å². The SMILES string of the molecule is O=C(O)c1c(Cc2ccccc2)ccc2n[nH]c(CCNC3CN4CCC3CC4)c12. The molecule has 3 fully saturated rings. The summed E-state index contributed by atoms with van der Waals surface area (Å²) in [5.74, 6) is -0.111. The van der Waals surface area contributed by atoms with Crippen LogP contribution in [0.2, 0.25) is 0 Å². The first kappa shape index (κ1) is 19.3. The van der Waals surface area contributed by atoms with Crippen molar-refractivity contribution in [2.24, 2.45) is 5.92 Å². The number of nitrogens with one attached hydrogen (secondary N) is 2. The van der Waals surface area contributed by atoms with Crippen LogP contribution in [-0.4, -0.2) is 58.4 Å². The summed E-state index contributed by atoms with van der Waals surface area (Å²) in [4.78, 5) is 14.8. The molecule has 30 heavy (non-hydrogen) atoms. The number of aromatic carboxylic acids is 1. The van der Waals surface area contributed by atoms with Gasteiger partial charge in [-0.1, -0.05) is 36.4 Å². The fourth-order valence-corrected chi connectivity index (χ4v) is 5.18. The topological polar surface area (TPSA) is 81.2 Å². The van der Waals surface area contributed by atoms with E-state index in [4.69, 9.17) is 0 Å². The monoisotopic (exact) mass is 404 g/mol. The van der Waals surface area contributed by atoms with E-state index >= 15 is 0 Å². The van der Waals surface area contributed by atoms with E-state index in [2.05, 4.69) is 20.4 Å². The van der Waals surface area contributed by atoms with Crippen molar-refractivity contribution in [3.05, 3.63) is 64.8 Å². The smallest absolute Gasteiger partial charge is 0.336 e. The Morgan fingerprint density at radius 2 is 1.97 bits per heavy atom. The molecule has 3 aromatic rings. The summed E-state index contributed by atoms with van der Waals surface area (Å²) in [5, 5.41) is 22.0. The zero-order valence-electron chi connectivity index (χ0n) is 17.1. The Kier molecular flexibility index (Phi) is 5.27. The Hall–Kier alpha value is -2.70. The number of carboxylic acids is 1. The number of H-pyrrole nitrogens is 1. The molecule has 3 aliphatic rings. The molecule has 6 heteroatoms. The van der Waals surface area contributed by atoms with Crippen LogP contribution in [0.15, 0.2) is 42.5 Å². The summed E-state index contributed by atoms with van der Waals surface area (Å²) in [6.45, 7) is 4.44. The van der Waals surface area contributed by atoms with Crippen LogP contribution in [0.3, 0.4) is 0 Å². The zero-order valence-corrected chi connectivity index (χ0v) is 17.1. The number of hydrogen-bond donors (Lipinski definition) is 3. The number of carbonyl (C=O) groups is 1. The highest BCUT2D eigenvalue weighted by Gasteiger charge is 2.33. The molecule has 0 amide bonds. The number of hydrogen-bond acceptors (Lipinski definition) is 4. The summed E-state index contributed by atoms with van der Waals surface area (Å²) in [6, 6.07) is 14.4. The van der Waals surface area contributed by atoms with Gasteiger partial charge in [-0.3, -0.25) is 5.10 Å². The third-order valence-corrected chi connectivity index (χ3v) is 6.77. The van der Waals surface area contributed by atoms with Crippen molar-refractivity contribution in [2.45, 2.75) is 31.7 Å². The lowest BCUT2D eigenvalue weighted by atomic mass is 9.84. The average Bonchev–Trinajstić information content (AvgIpc) is 3.18. The summed E-state index contributed by atoms with van der Waals surface area (Å²) in [6.07, 6.45) is 3.92. The second kappa shape index (κ2) is 8.20. The van der Waals surface area contributed by atoms with Gasteiger partial charge in [-0.2, -0.15) is 5.10 Å². The van der Waals surface area contributed by atoms with Gasteiger partial charge in [0.2, 0.25) is 0 Å². The van der Waals surface area contributed by atoms with E-state index in [9.17, 15) is 9.90 Å². The van der Waals surface area contributed by atoms with Gasteiger partial charge in [0.15, 0.2) is 0 Å². The van der Waals surface area contributed by atoms with Crippen molar-refractivity contribution in [3.8, 4) is 0 Å². The van der Waals surface area contributed by atoms with Crippen LogP contribution in [0.1, 0.15) is 40.0 Å². The molecule has 6 nitrogen and oxygen atoms in total. The minimum absolute atomic E-state index is 0.378. The Bertz CT molecular complexity index is 1040. The summed E-state index contributed by atoms with van der Waals surface area (Å²) >= 11 is 0. The summed E-state index contributed by atoms with van der Waals surface area (Å²) in [5.41, 5.74) is 3.94. The molecule has 156 valence electrons. The standard InChI is InChI=1S/C24H28N4O2/c29-24(30)22-18(14-16-4-2-1-3-5-16)6-7-19-23(22)20(27-26-19)8-11-25-21-15-28-12-9-17(21)10-13-28/h1-7,17,21,25H,8-15H2,(H,26,27)(H,29,30). The molecular weight excluding hydrogens is 376 g/mol.